The molecule has 3 heteroatoms. The third-order valence-electron chi connectivity index (χ3n) is 3.60. The Bertz CT molecular complexity index is 780. The topological polar surface area (TPSA) is 0 Å². The van der Waals surface area contributed by atoms with Gasteiger partial charge in [0.2, 0.25) is 0 Å². The summed E-state index contributed by atoms with van der Waals surface area (Å²) in [6.07, 6.45) is 0.754. The van der Waals surface area contributed by atoms with Gasteiger partial charge >= 0.3 is 0 Å². The molecule has 0 fully saturated rings. The lowest BCUT2D eigenvalue weighted by molar-refractivity contribution is 0.625. The minimum atomic E-state index is -0.378. The first kappa shape index (κ1) is 14.6. The number of halogens is 3. The Morgan fingerprint density at radius 2 is 1.67 bits per heavy atom. The molecule has 0 aliphatic rings. The highest BCUT2D eigenvalue weighted by molar-refractivity contribution is 9.09. The minimum absolute atomic E-state index is 0.0218. The largest absolute Gasteiger partial charge is 0.205 e. The lowest BCUT2D eigenvalue weighted by Crippen LogP contribution is -1.98. The monoisotopic (exact) mass is 362 g/mol. The molecule has 0 aromatic heterocycles. The predicted octanol–water partition coefficient (Wildman–Crippen LogP) is 6.31. The SMILES string of the molecule is Fc1cccc(C(Br)Cc2cccc3ccccc23)c1Cl. The summed E-state index contributed by atoms with van der Waals surface area (Å²) in [6, 6.07) is 19.4. The maximum Gasteiger partial charge on any atom is 0.142 e. The fourth-order valence-corrected chi connectivity index (χ4v) is 3.66. The van der Waals surface area contributed by atoms with Crippen LogP contribution in [0, 0.1) is 5.82 Å². The standard InChI is InChI=1S/C18H13BrClF/c19-16(15-9-4-10-17(21)18(15)20)11-13-7-3-6-12-5-1-2-8-14(12)13/h1-10,16H,11H2. The van der Waals surface area contributed by atoms with Crippen LogP contribution in [-0.2, 0) is 6.42 Å². The maximum absolute atomic E-state index is 13.6. The van der Waals surface area contributed by atoms with Crippen molar-refractivity contribution in [3.05, 3.63) is 82.6 Å². The van der Waals surface area contributed by atoms with Crippen LogP contribution >= 0.6 is 27.5 Å². The first-order chi connectivity index (χ1) is 10.2. The van der Waals surface area contributed by atoms with Gasteiger partial charge in [-0.2, -0.15) is 0 Å². The van der Waals surface area contributed by atoms with Crippen LogP contribution in [0.15, 0.2) is 60.7 Å². The molecule has 21 heavy (non-hydrogen) atoms. The van der Waals surface area contributed by atoms with Crippen molar-refractivity contribution in [2.24, 2.45) is 0 Å². The van der Waals surface area contributed by atoms with Crippen molar-refractivity contribution in [2.45, 2.75) is 11.2 Å². The molecular weight excluding hydrogens is 351 g/mol. The summed E-state index contributed by atoms with van der Waals surface area (Å²) in [5.41, 5.74) is 2.00. The van der Waals surface area contributed by atoms with Gasteiger partial charge in [0.1, 0.15) is 5.82 Å². The quantitative estimate of drug-likeness (QED) is 0.478. The van der Waals surface area contributed by atoms with Crippen LogP contribution < -0.4 is 0 Å². The molecule has 0 nitrogen and oxygen atoms in total. The Morgan fingerprint density at radius 3 is 2.52 bits per heavy atom. The second-order valence-corrected chi connectivity index (χ2v) is 6.44. The van der Waals surface area contributed by atoms with E-state index in [1.165, 1.54) is 22.4 Å². The van der Waals surface area contributed by atoms with Gasteiger partial charge in [-0.15, -0.1) is 0 Å². The number of rotatable bonds is 3. The normalized spacial score (nSPS) is 12.5. The molecule has 3 rings (SSSR count). The Kier molecular flexibility index (Phi) is 4.27. The number of benzene rings is 3. The molecule has 0 saturated carbocycles. The van der Waals surface area contributed by atoms with Crippen LogP contribution in [0.2, 0.25) is 5.02 Å². The van der Waals surface area contributed by atoms with Crippen molar-refractivity contribution in [3.63, 3.8) is 0 Å². The molecule has 106 valence electrons. The molecular formula is C18H13BrClF. The van der Waals surface area contributed by atoms with Crippen LogP contribution in [0.4, 0.5) is 4.39 Å². The maximum atomic E-state index is 13.6. The van der Waals surface area contributed by atoms with Gasteiger partial charge in [-0.1, -0.05) is 82.1 Å². The van der Waals surface area contributed by atoms with E-state index in [1.807, 2.05) is 24.3 Å². The van der Waals surface area contributed by atoms with Crippen molar-refractivity contribution < 1.29 is 4.39 Å². The molecule has 1 atom stereocenters. The molecule has 3 aromatic carbocycles. The summed E-state index contributed by atoms with van der Waals surface area (Å²) < 4.78 is 13.6. The lowest BCUT2D eigenvalue weighted by Gasteiger charge is -2.14. The van der Waals surface area contributed by atoms with Crippen molar-refractivity contribution in [2.75, 3.05) is 0 Å². The van der Waals surface area contributed by atoms with Crippen molar-refractivity contribution >= 4 is 38.3 Å². The lowest BCUT2D eigenvalue weighted by atomic mass is 9.98. The molecule has 0 amide bonds. The van der Waals surface area contributed by atoms with E-state index in [0.717, 1.165) is 12.0 Å². The summed E-state index contributed by atoms with van der Waals surface area (Å²) in [5.74, 6) is -0.378. The van der Waals surface area contributed by atoms with E-state index in [1.54, 1.807) is 6.07 Å². The first-order valence-corrected chi connectivity index (χ1v) is 8.01. The number of hydrogen-bond donors (Lipinski definition) is 0. The van der Waals surface area contributed by atoms with E-state index in [2.05, 4.69) is 40.2 Å². The Hall–Kier alpha value is -1.38. The van der Waals surface area contributed by atoms with Crippen molar-refractivity contribution in [3.8, 4) is 0 Å². The van der Waals surface area contributed by atoms with Crippen LogP contribution in [0.3, 0.4) is 0 Å². The third kappa shape index (κ3) is 2.97. The summed E-state index contributed by atoms with van der Waals surface area (Å²) >= 11 is 9.71. The first-order valence-electron chi connectivity index (χ1n) is 6.71. The van der Waals surface area contributed by atoms with Gasteiger partial charge in [0.25, 0.3) is 0 Å². The van der Waals surface area contributed by atoms with Gasteiger partial charge in [-0.25, -0.2) is 4.39 Å². The van der Waals surface area contributed by atoms with E-state index in [-0.39, 0.29) is 15.7 Å². The molecule has 0 aliphatic heterocycles. The van der Waals surface area contributed by atoms with Crippen LogP contribution in [0.5, 0.6) is 0 Å². The highest BCUT2D eigenvalue weighted by atomic mass is 79.9. The number of alkyl halides is 1. The van der Waals surface area contributed by atoms with Gasteiger partial charge in [-0.3, -0.25) is 0 Å². The van der Waals surface area contributed by atoms with Crippen molar-refractivity contribution in [1.82, 2.24) is 0 Å². The van der Waals surface area contributed by atoms with E-state index in [4.69, 9.17) is 11.6 Å². The fourth-order valence-electron chi connectivity index (χ4n) is 2.54. The average molecular weight is 364 g/mol. The van der Waals surface area contributed by atoms with E-state index in [9.17, 15) is 4.39 Å². The van der Waals surface area contributed by atoms with Gasteiger partial charge in [0.15, 0.2) is 0 Å². The second-order valence-electron chi connectivity index (χ2n) is 4.95. The van der Waals surface area contributed by atoms with Gasteiger partial charge in [0, 0.05) is 4.83 Å². The molecule has 0 spiro atoms. The zero-order chi connectivity index (χ0) is 14.8. The van der Waals surface area contributed by atoms with E-state index < -0.39 is 0 Å². The van der Waals surface area contributed by atoms with Crippen molar-refractivity contribution in [1.29, 1.82) is 0 Å². The Balaban J connectivity index is 1.97. The molecule has 0 N–H and O–H groups in total. The summed E-state index contributed by atoms with van der Waals surface area (Å²) in [5, 5.41) is 2.62. The molecule has 0 bridgehead atoms. The van der Waals surface area contributed by atoms with Crippen LogP contribution in [-0.4, -0.2) is 0 Å². The highest BCUT2D eigenvalue weighted by Gasteiger charge is 2.15. The predicted molar refractivity (Wildman–Crippen MR) is 90.7 cm³/mol. The Morgan fingerprint density at radius 1 is 0.952 bits per heavy atom. The molecule has 0 aliphatic carbocycles. The Labute approximate surface area is 136 Å². The van der Waals surface area contributed by atoms with E-state index >= 15 is 0 Å². The zero-order valence-electron chi connectivity index (χ0n) is 11.2. The molecule has 0 heterocycles. The average Bonchev–Trinajstić information content (AvgIpc) is 2.50. The summed E-state index contributed by atoms with van der Waals surface area (Å²) in [4.78, 5) is -0.0218. The fraction of sp³-hybridized carbons (Fsp3) is 0.111. The molecule has 1 unspecified atom stereocenters. The summed E-state index contributed by atoms with van der Waals surface area (Å²) in [6.45, 7) is 0. The number of fused-ring (bicyclic) bond motifs is 1. The second kappa shape index (κ2) is 6.17. The van der Waals surface area contributed by atoms with Crippen LogP contribution in [0.25, 0.3) is 10.8 Å². The molecule has 3 aromatic rings. The molecule has 0 saturated heterocycles. The van der Waals surface area contributed by atoms with Crippen LogP contribution in [0.1, 0.15) is 16.0 Å². The van der Waals surface area contributed by atoms with Gasteiger partial charge in [0.05, 0.1) is 5.02 Å². The van der Waals surface area contributed by atoms with Gasteiger partial charge < -0.3 is 0 Å². The van der Waals surface area contributed by atoms with E-state index in [0.29, 0.717) is 0 Å². The minimum Gasteiger partial charge on any atom is -0.205 e. The smallest absolute Gasteiger partial charge is 0.142 e. The highest BCUT2D eigenvalue weighted by Crippen LogP contribution is 2.35. The zero-order valence-corrected chi connectivity index (χ0v) is 13.5. The van der Waals surface area contributed by atoms with Gasteiger partial charge in [-0.05, 0) is 34.4 Å². The third-order valence-corrected chi connectivity index (χ3v) is 4.81. The molecule has 0 radical (unpaired) electrons. The number of hydrogen-bond acceptors (Lipinski definition) is 0. The summed E-state index contributed by atoms with van der Waals surface area (Å²) in [7, 11) is 0.